The lowest BCUT2D eigenvalue weighted by Crippen LogP contribution is -2.60. The molecule has 4 fully saturated rings. The zero-order valence-corrected chi connectivity index (χ0v) is 19.7. The molecule has 35 heavy (non-hydrogen) atoms. The quantitative estimate of drug-likeness (QED) is 0.731. The molecular weight excluding hydrogens is 446 g/mol. The molecule has 184 valence electrons. The van der Waals surface area contributed by atoms with Crippen LogP contribution in [0.3, 0.4) is 0 Å². The first-order valence-corrected chi connectivity index (χ1v) is 12.7. The van der Waals surface area contributed by atoms with Crippen LogP contribution >= 0.6 is 0 Å². The Balaban J connectivity index is 1.22. The number of amides is 3. The Morgan fingerprint density at radius 1 is 0.943 bits per heavy atom. The highest BCUT2D eigenvalue weighted by atomic mass is 16.5. The highest BCUT2D eigenvalue weighted by molar-refractivity contribution is 5.98. The zero-order chi connectivity index (χ0) is 24.0. The minimum Gasteiger partial charge on any atom is -0.459 e. The summed E-state index contributed by atoms with van der Waals surface area (Å²) in [5.41, 5.74) is -0.381. The molecule has 0 radical (unpaired) electrons. The fourth-order valence-corrected chi connectivity index (χ4v) is 6.60. The van der Waals surface area contributed by atoms with Crippen molar-refractivity contribution in [1.82, 2.24) is 15.1 Å². The van der Waals surface area contributed by atoms with E-state index in [1.807, 2.05) is 18.2 Å². The van der Waals surface area contributed by atoms with Gasteiger partial charge < -0.3 is 19.4 Å². The number of nitrogens with zero attached hydrogens (tertiary/aromatic N) is 2. The summed E-state index contributed by atoms with van der Waals surface area (Å²) in [5.74, 6) is 1.06. The molecule has 8 nitrogen and oxygen atoms in total. The van der Waals surface area contributed by atoms with Gasteiger partial charge in [0.15, 0.2) is 5.76 Å². The van der Waals surface area contributed by atoms with Crippen LogP contribution in [0, 0.1) is 11.8 Å². The fourth-order valence-electron chi connectivity index (χ4n) is 6.60. The molecule has 1 aromatic heterocycles. The second-order valence-corrected chi connectivity index (χ2v) is 10.4. The maximum atomic E-state index is 13.8. The van der Waals surface area contributed by atoms with Gasteiger partial charge in [0, 0.05) is 37.5 Å². The molecule has 4 atom stereocenters. The summed E-state index contributed by atoms with van der Waals surface area (Å²) < 4.78 is 11.6. The summed E-state index contributed by atoms with van der Waals surface area (Å²) >= 11 is 0. The van der Waals surface area contributed by atoms with Gasteiger partial charge in [0.25, 0.3) is 11.8 Å². The smallest absolute Gasteiger partial charge is 0.289 e. The number of benzene rings is 1. The minimum atomic E-state index is -0.913. The molecule has 3 amide bonds. The predicted octanol–water partition coefficient (Wildman–Crippen LogP) is 3.06. The number of likely N-dealkylation sites (tertiary alicyclic amines) is 1. The topological polar surface area (TPSA) is 92.1 Å². The number of fused-ring (bicyclic) bond motifs is 2. The Hall–Kier alpha value is -3.13. The number of piperidine rings is 1. The molecular formula is C27H31N3O5. The molecule has 3 heterocycles. The van der Waals surface area contributed by atoms with E-state index >= 15 is 0 Å². The van der Waals surface area contributed by atoms with Crippen molar-refractivity contribution in [1.29, 1.82) is 0 Å². The summed E-state index contributed by atoms with van der Waals surface area (Å²) in [6, 6.07) is 11.9. The maximum Gasteiger partial charge on any atom is 0.289 e. The third-order valence-corrected chi connectivity index (χ3v) is 8.43. The Bertz CT molecular complexity index is 1090. The van der Waals surface area contributed by atoms with Gasteiger partial charge in [-0.05, 0) is 55.4 Å². The zero-order valence-electron chi connectivity index (χ0n) is 19.7. The van der Waals surface area contributed by atoms with E-state index in [2.05, 4.69) is 5.32 Å². The molecule has 2 bridgehead atoms. The van der Waals surface area contributed by atoms with E-state index in [4.69, 9.17) is 9.15 Å². The van der Waals surface area contributed by atoms with Crippen LogP contribution in [0.25, 0.3) is 0 Å². The van der Waals surface area contributed by atoms with Crippen molar-refractivity contribution in [3.63, 3.8) is 0 Å². The minimum absolute atomic E-state index is 0.127. The molecule has 8 heteroatoms. The molecule has 4 aliphatic rings. The van der Waals surface area contributed by atoms with E-state index in [1.165, 1.54) is 25.5 Å². The molecule has 2 saturated heterocycles. The monoisotopic (exact) mass is 477 g/mol. The number of ether oxygens (including phenoxy) is 1. The number of carbonyl (C=O) groups excluding carboxylic acids is 3. The SMILES string of the molecule is O=C(N[C@@H]1C[C@H]2CC[C@H]1C2)[C@H]1COC2(CCN(C(=O)c3ccco3)CC2)N1C(=O)c1ccccc1. The van der Waals surface area contributed by atoms with Gasteiger partial charge >= 0.3 is 0 Å². The molecule has 0 unspecified atom stereocenters. The number of carbonyl (C=O) groups is 3. The Morgan fingerprint density at radius 3 is 2.40 bits per heavy atom. The predicted molar refractivity (Wildman–Crippen MR) is 126 cm³/mol. The van der Waals surface area contributed by atoms with E-state index in [1.54, 1.807) is 34.1 Å². The molecule has 1 N–H and O–H groups in total. The fraction of sp³-hybridized carbons (Fsp3) is 0.519. The molecule has 2 aromatic rings. The number of hydrogen-bond donors (Lipinski definition) is 1. The van der Waals surface area contributed by atoms with E-state index in [-0.39, 0.29) is 30.4 Å². The number of rotatable bonds is 4. The summed E-state index contributed by atoms with van der Waals surface area (Å²) in [5, 5.41) is 3.27. The average Bonchev–Trinajstić information content (AvgIpc) is 3.69. The van der Waals surface area contributed by atoms with E-state index in [9.17, 15) is 14.4 Å². The van der Waals surface area contributed by atoms with Crippen LogP contribution in [-0.2, 0) is 9.53 Å². The van der Waals surface area contributed by atoms with Crippen molar-refractivity contribution in [3.05, 3.63) is 60.1 Å². The number of hydrogen-bond acceptors (Lipinski definition) is 5. The van der Waals surface area contributed by atoms with Crippen LogP contribution in [-0.4, -0.2) is 65.0 Å². The first-order valence-electron chi connectivity index (χ1n) is 12.7. The van der Waals surface area contributed by atoms with E-state index in [0.29, 0.717) is 43.2 Å². The van der Waals surface area contributed by atoms with Crippen LogP contribution in [0.5, 0.6) is 0 Å². The Kier molecular flexibility index (Phi) is 5.63. The van der Waals surface area contributed by atoms with Crippen LogP contribution < -0.4 is 5.32 Å². The number of furan rings is 1. The lowest BCUT2D eigenvalue weighted by molar-refractivity contribution is -0.129. The summed E-state index contributed by atoms with van der Waals surface area (Å²) in [4.78, 5) is 43.5. The van der Waals surface area contributed by atoms with Crippen LogP contribution in [0.2, 0.25) is 0 Å². The summed E-state index contributed by atoms with van der Waals surface area (Å²) in [6.07, 6.45) is 7.03. The van der Waals surface area contributed by atoms with Crippen molar-refractivity contribution in [3.8, 4) is 0 Å². The van der Waals surface area contributed by atoms with Crippen molar-refractivity contribution in [2.75, 3.05) is 19.7 Å². The first kappa shape index (κ1) is 22.3. The average molecular weight is 478 g/mol. The van der Waals surface area contributed by atoms with Gasteiger partial charge in [-0.15, -0.1) is 0 Å². The van der Waals surface area contributed by atoms with Gasteiger partial charge in [0.2, 0.25) is 5.91 Å². The lowest BCUT2D eigenvalue weighted by Gasteiger charge is -2.44. The van der Waals surface area contributed by atoms with Crippen LogP contribution in [0.15, 0.2) is 53.1 Å². The molecule has 2 saturated carbocycles. The van der Waals surface area contributed by atoms with Gasteiger partial charge in [-0.3, -0.25) is 19.3 Å². The number of nitrogens with one attached hydrogen (secondary N) is 1. The Labute approximate surface area is 204 Å². The second kappa shape index (κ2) is 8.82. The highest BCUT2D eigenvalue weighted by Crippen LogP contribution is 2.45. The maximum absolute atomic E-state index is 13.8. The molecule has 1 spiro atoms. The molecule has 6 rings (SSSR count). The third kappa shape index (κ3) is 3.93. The van der Waals surface area contributed by atoms with Gasteiger partial charge in [0.1, 0.15) is 11.8 Å². The highest BCUT2D eigenvalue weighted by Gasteiger charge is 2.55. The molecule has 1 aromatic carbocycles. The lowest BCUT2D eigenvalue weighted by atomic mass is 9.94. The van der Waals surface area contributed by atoms with Gasteiger partial charge in [0.05, 0.1) is 12.9 Å². The van der Waals surface area contributed by atoms with Gasteiger partial charge in [-0.2, -0.15) is 0 Å². The molecule has 2 aliphatic heterocycles. The van der Waals surface area contributed by atoms with Gasteiger partial charge in [-0.1, -0.05) is 24.6 Å². The Morgan fingerprint density at radius 2 is 1.74 bits per heavy atom. The van der Waals surface area contributed by atoms with Gasteiger partial charge in [-0.25, -0.2) is 0 Å². The normalized spacial score (nSPS) is 29.0. The largest absolute Gasteiger partial charge is 0.459 e. The van der Waals surface area contributed by atoms with Crippen molar-refractivity contribution in [2.24, 2.45) is 11.8 Å². The van der Waals surface area contributed by atoms with Crippen molar-refractivity contribution >= 4 is 17.7 Å². The standard InChI is InChI=1S/C27H31N3O5/c31-24(28-21-16-18-8-9-20(21)15-18)22-17-35-27(30(22)25(32)19-5-2-1-3-6-19)10-12-29(13-11-27)26(33)23-7-4-14-34-23/h1-7,14,18,20-22H,8-13,15-17H2,(H,28,31)/t18-,20-,21+,22+/m0/s1. The van der Waals surface area contributed by atoms with Crippen LogP contribution in [0.4, 0.5) is 0 Å². The van der Waals surface area contributed by atoms with Crippen molar-refractivity contribution in [2.45, 2.75) is 56.3 Å². The van der Waals surface area contributed by atoms with E-state index < -0.39 is 11.8 Å². The summed E-state index contributed by atoms with van der Waals surface area (Å²) in [6.45, 7) is 0.995. The summed E-state index contributed by atoms with van der Waals surface area (Å²) in [7, 11) is 0. The van der Waals surface area contributed by atoms with Crippen LogP contribution in [0.1, 0.15) is 59.4 Å². The molecule has 2 aliphatic carbocycles. The second-order valence-electron chi connectivity index (χ2n) is 10.4. The third-order valence-electron chi connectivity index (χ3n) is 8.43. The van der Waals surface area contributed by atoms with E-state index in [0.717, 1.165) is 12.3 Å². The first-order chi connectivity index (χ1) is 17.0. The van der Waals surface area contributed by atoms with Crippen molar-refractivity contribution < 1.29 is 23.5 Å².